The third-order valence-electron chi connectivity index (χ3n) is 3.42. The number of carbonyl (C=O) groups excluding carboxylic acids is 2. The van der Waals surface area contributed by atoms with Crippen LogP contribution in [0.3, 0.4) is 0 Å². The van der Waals surface area contributed by atoms with E-state index in [2.05, 4.69) is 26.6 Å². The van der Waals surface area contributed by atoms with Crippen molar-refractivity contribution in [2.24, 2.45) is 5.41 Å². The number of hydrogen-bond acceptors (Lipinski definition) is 3. The van der Waals surface area contributed by atoms with Gasteiger partial charge in [-0.3, -0.25) is 9.59 Å². The van der Waals surface area contributed by atoms with E-state index in [1.54, 1.807) is 13.8 Å². The maximum absolute atomic E-state index is 12.4. The Morgan fingerprint density at radius 1 is 1.23 bits per heavy atom. The highest BCUT2D eigenvalue weighted by atomic mass is 79.9. The Hall–Kier alpha value is -1.40. The summed E-state index contributed by atoms with van der Waals surface area (Å²) in [6.45, 7) is 6.41. The summed E-state index contributed by atoms with van der Waals surface area (Å²) >= 11 is 3.38. The van der Waals surface area contributed by atoms with E-state index in [-0.39, 0.29) is 11.8 Å². The lowest BCUT2D eigenvalue weighted by molar-refractivity contribution is -0.138. The smallest absolute Gasteiger partial charge is 0.239 e. The summed E-state index contributed by atoms with van der Waals surface area (Å²) in [5, 5.41) is 5.62. The molecule has 1 aromatic carbocycles. The minimum atomic E-state index is -1.13. The predicted molar refractivity (Wildman–Crippen MR) is 92.9 cm³/mol. The molecule has 2 N–H and O–H groups in total. The van der Waals surface area contributed by atoms with E-state index in [9.17, 15) is 9.59 Å². The summed E-state index contributed by atoms with van der Waals surface area (Å²) in [7, 11) is 3.86. The van der Waals surface area contributed by atoms with Gasteiger partial charge in [0.2, 0.25) is 11.8 Å². The van der Waals surface area contributed by atoms with Crippen LogP contribution in [0, 0.1) is 12.3 Å². The third kappa shape index (κ3) is 5.10. The van der Waals surface area contributed by atoms with E-state index in [1.165, 1.54) is 0 Å². The normalized spacial score (nSPS) is 11.4. The minimum Gasteiger partial charge on any atom is -0.354 e. The van der Waals surface area contributed by atoms with Gasteiger partial charge in [0.25, 0.3) is 0 Å². The van der Waals surface area contributed by atoms with Gasteiger partial charge in [-0.2, -0.15) is 0 Å². The van der Waals surface area contributed by atoms with Gasteiger partial charge >= 0.3 is 0 Å². The number of amides is 2. The van der Waals surface area contributed by atoms with Crippen LogP contribution >= 0.6 is 15.9 Å². The van der Waals surface area contributed by atoms with E-state index in [0.29, 0.717) is 12.2 Å². The van der Waals surface area contributed by atoms with Crippen molar-refractivity contribution in [2.45, 2.75) is 20.8 Å². The molecule has 0 fully saturated rings. The molecule has 0 bridgehead atoms. The largest absolute Gasteiger partial charge is 0.354 e. The molecule has 0 spiro atoms. The number of likely N-dealkylation sites (N-methyl/N-ethyl adjacent to an activating group) is 1. The van der Waals surface area contributed by atoms with Gasteiger partial charge in [0.05, 0.1) is 0 Å². The Labute approximate surface area is 140 Å². The molecule has 0 aliphatic carbocycles. The fraction of sp³-hybridized carbons (Fsp3) is 0.500. The van der Waals surface area contributed by atoms with Crippen molar-refractivity contribution in [3.8, 4) is 0 Å². The van der Waals surface area contributed by atoms with Crippen LogP contribution in [0.5, 0.6) is 0 Å². The van der Waals surface area contributed by atoms with Gasteiger partial charge in [-0.05, 0) is 58.6 Å². The van der Waals surface area contributed by atoms with Crippen LogP contribution in [-0.4, -0.2) is 43.9 Å². The Kier molecular flexibility index (Phi) is 6.56. The molecule has 2 amide bonds. The first-order chi connectivity index (χ1) is 10.1. The molecule has 1 rings (SSSR count). The number of carbonyl (C=O) groups is 2. The van der Waals surface area contributed by atoms with Gasteiger partial charge < -0.3 is 15.5 Å². The van der Waals surface area contributed by atoms with E-state index >= 15 is 0 Å². The van der Waals surface area contributed by atoms with Crippen LogP contribution in [-0.2, 0) is 9.59 Å². The van der Waals surface area contributed by atoms with Crippen molar-refractivity contribution < 1.29 is 9.59 Å². The van der Waals surface area contributed by atoms with Crippen molar-refractivity contribution in [1.82, 2.24) is 10.2 Å². The highest BCUT2D eigenvalue weighted by Gasteiger charge is 2.36. The number of hydrogen-bond donors (Lipinski definition) is 2. The monoisotopic (exact) mass is 369 g/mol. The molecule has 0 saturated carbocycles. The van der Waals surface area contributed by atoms with Gasteiger partial charge in [-0.25, -0.2) is 0 Å². The second-order valence-electron chi connectivity index (χ2n) is 6.10. The van der Waals surface area contributed by atoms with E-state index in [1.807, 2.05) is 44.1 Å². The second-order valence-corrected chi connectivity index (χ2v) is 7.01. The average molecular weight is 370 g/mol. The van der Waals surface area contributed by atoms with E-state index in [4.69, 9.17) is 0 Å². The quantitative estimate of drug-likeness (QED) is 0.756. The van der Waals surface area contributed by atoms with Crippen molar-refractivity contribution in [1.29, 1.82) is 0 Å². The summed E-state index contributed by atoms with van der Waals surface area (Å²) < 4.78 is 0.948. The SMILES string of the molecule is Cc1cc(Br)ccc1NC(=O)C(C)(C)C(=O)NCCN(C)C. The molecular formula is C16H24BrN3O2. The number of aryl methyl sites for hydroxylation is 1. The lowest BCUT2D eigenvalue weighted by Gasteiger charge is -2.23. The molecule has 0 saturated heterocycles. The summed E-state index contributed by atoms with van der Waals surface area (Å²) in [6, 6.07) is 5.59. The third-order valence-corrected chi connectivity index (χ3v) is 3.91. The molecule has 0 radical (unpaired) electrons. The molecule has 5 nitrogen and oxygen atoms in total. The Bertz CT molecular complexity index is 556. The number of anilines is 1. The van der Waals surface area contributed by atoms with Gasteiger partial charge in [0.1, 0.15) is 5.41 Å². The maximum Gasteiger partial charge on any atom is 0.239 e. The summed E-state index contributed by atoms with van der Waals surface area (Å²) in [5.74, 6) is -0.595. The first-order valence-electron chi connectivity index (χ1n) is 7.15. The van der Waals surface area contributed by atoms with Crippen LogP contribution in [0.15, 0.2) is 22.7 Å². The zero-order valence-corrected chi connectivity index (χ0v) is 15.4. The van der Waals surface area contributed by atoms with Crippen LogP contribution in [0.2, 0.25) is 0 Å². The fourth-order valence-corrected chi connectivity index (χ4v) is 2.24. The minimum absolute atomic E-state index is 0.276. The van der Waals surface area contributed by atoms with Crippen LogP contribution in [0.1, 0.15) is 19.4 Å². The first kappa shape index (κ1) is 18.6. The van der Waals surface area contributed by atoms with Gasteiger partial charge in [0, 0.05) is 23.2 Å². The molecule has 0 aliphatic heterocycles. The zero-order chi connectivity index (χ0) is 16.9. The molecule has 1 aromatic rings. The number of halogens is 1. The van der Waals surface area contributed by atoms with Crippen molar-refractivity contribution in [3.63, 3.8) is 0 Å². The molecule has 6 heteroatoms. The second kappa shape index (κ2) is 7.74. The van der Waals surface area contributed by atoms with Crippen molar-refractivity contribution in [2.75, 3.05) is 32.5 Å². The number of benzene rings is 1. The fourth-order valence-electron chi connectivity index (χ4n) is 1.76. The Morgan fingerprint density at radius 2 is 1.86 bits per heavy atom. The Balaban J connectivity index is 2.71. The number of rotatable bonds is 6. The standard InChI is InChI=1S/C16H24BrN3O2/c1-11-10-12(17)6-7-13(11)19-15(22)16(2,3)14(21)18-8-9-20(4)5/h6-7,10H,8-9H2,1-5H3,(H,18,21)(H,19,22). The molecule has 122 valence electrons. The molecular weight excluding hydrogens is 346 g/mol. The van der Waals surface area contributed by atoms with Gasteiger partial charge in [-0.1, -0.05) is 15.9 Å². The highest BCUT2D eigenvalue weighted by Crippen LogP contribution is 2.23. The molecule has 22 heavy (non-hydrogen) atoms. The first-order valence-corrected chi connectivity index (χ1v) is 7.94. The predicted octanol–water partition coefficient (Wildman–Crippen LogP) is 2.40. The maximum atomic E-state index is 12.4. The van der Waals surface area contributed by atoms with Crippen LogP contribution < -0.4 is 10.6 Å². The molecule has 0 aliphatic rings. The van der Waals surface area contributed by atoms with Gasteiger partial charge in [0.15, 0.2) is 0 Å². The van der Waals surface area contributed by atoms with Gasteiger partial charge in [-0.15, -0.1) is 0 Å². The lowest BCUT2D eigenvalue weighted by atomic mass is 9.90. The van der Waals surface area contributed by atoms with Crippen LogP contribution in [0.4, 0.5) is 5.69 Å². The van der Waals surface area contributed by atoms with Crippen molar-refractivity contribution >= 4 is 33.4 Å². The highest BCUT2D eigenvalue weighted by molar-refractivity contribution is 9.10. The van der Waals surface area contributed by atoms with E-state index < -0.39 is 5.41 Å². The number of nitrogens with one attached hydrogen (secondary N) is 2. The summed E-state index contributed by atoms with van der Waals surface area (Å²) in [5.41, 5.74) is 0.514. The number of nitrogens with zero attached hydrogens (tertiary/aromatic N) is 1. The molecule has 0 heterocycles. The molecule has 0 atom stereocenters. The molecule has 0 aromatic heterocycles. The lowest BCUT2D eigenvalue weighted by Crippen LogP contribution is -2.46. The zero-order valence-electron chi connectivity index (χ0n) is 13.8. The average Bonchev–Trinajstić information content (AvgIpc) is 2.41. The van der Waals surface area contributed by atoms with Crippen LogP contribution in [0.25, 0.3) is 0 Å². The summed E-state index contributed by atoms with van der Waals surface area (Å²) in [6.07, 6.45) is 0. The van der Waals surface area contributed by atoms with Crippen molar-refractivity contribution in [3.05, 3.63) is 28.2 Å². The summed E-state index contributed by atoms with van der Waals surface area (Å²) in [4.78, 5) is 26.6. The van der Waals surface area contributed by atoms with E-state index in [0.717, 1.165) is 16.6 Å². The molecule has 0 unspecified atom stereocenters. The Morgan fingerprint density at radius 3 is 2.41 bits per heavy atom. The topological polar surface area (TPSA) is 61.4 Å².